The minimum atomic E-state index is 0.658. The average Bonchev–Trinajstić information content (AvgIpc) is 3.70. The second-order valence-electron chi connectivity index (χ2n) is 10.8. The predicted octanol–water partition coefficient (Wildman–Crippen LogP) is 10.7. The number of nitrogens with zero attached hydrogens (tertiary/aromatic N) is 4. The molecule has 9 aromatic rings. The lowest BCUT2D eigenvalue weighted by molar-refractivity contribution is 1.13. The largest absolute Gasteiger partial charge is 0.309 e. The van der Waals surface area contributed by atoms with E-state index in [1.165, 1.54) is 25.6 Å². The van der Waals surface area contributed by atoms with Gasteiger partial charge in [-0.15, -0.1) is 11.3 Å². The molecule has 0 spiro atoms. The van der Waals surface area contributed by atoms with Crippen LogP contribution in [-0.2, 0) is 0 Å². The summed E-state index contributed by atoms with van der Waals surface area (Å²) < 4.78 is 7.07. The molecule has 6 aromatic carbocycles. The third kappa shape index (κ3) is 3.35. The van der Waals surface area contributed by atoms with E-state index in [1.807, 2.05) is 24.3 Å². The van der Waals surface area contributed by atoms with Crippen LogP contribution in [0, 0.1) is 17.9 Å². The molecule has 0 unspecified atom stereocenters. The lowest BCUT2D eigenvalue weighted by atomic mass is 10.1. The van der Waals surface area contributed by atoms with Gasteiger partial charge in [-0.25, -0.2) is 4.85 Å². The molecular formula is C38H20N4S. The second kappa shape index (κ2) is 8.81. The van der Waals surface area contributed by atoms with E-state index in [-0.39, 0.29) is 0 Å². The topological polar surface area (TPSA) is 38.0 Å². The van der Waals surface area contributed by atoms with E-state index in [1.54, 1.807) is 11.3 Å². The molecule has 0 bridgehead atoms. The van der Waals surface area contributed by atoms with E-state index in [0.717, 1.165) is 49.6 Å². The van der Waals surface area contributed by atoms with E-state index >= 15 is 0 Å². The van der Waals surface area contributed by atoms with Crippen molar-refractivity contribution in [1.29, 1.82) is 5.26 Å². The molecular weight excluding hydrogens is 545 g/mol. The minimum absolute atomic E-state index is 0.658. The van der Waals surface area contributed by atoms with Crippen LogP contribution < -0.4 is 0 Å². The Balaban J connectivity index is 1.35. The summed E-state index contributed by atoms with van der Waals surface area (Å²) in [6, 6.07) is 44.5. The van der Waals surface area contributed by atoms with Crippen LogP contribution in [0.5, 0.6) is 0 Å². The molecule has 5 heteroatoms. The fraction of sp³-hybridized carbons (Fsp3) is 0. The van der Waals surface area contributed by atoms with Gasteiger partial charge in [0.05, 0.1) is 40.3 Å². The molecule has 3 heterocycles. The van der Waals surface area contributed by atoms with Crippen molar-refractivity contribution in [2.75, 3.05) is 0 Å². The van der Waals surface area contributed by atoms with Crippen LogP contribution in [0.25, 0.3) is 80.0 Å². The zero-order valence-corrected chi connectivity index (χ0v) is 23.6. The highest BCUT2D eigenvalue weighted by atomic mass is 32.1. The second-order valence-corrected chi connectivity index (χ2v) is 11.9. The Kier molecular flexibility index (Phi) is 4.87. The zero-order valence-electron chi connectivity index (χ0n) is 22.7. The van der Waals surface area contributed by atoms with Gasteiger partial charge in [-0.2, -0.15) is 5.26 Å². The zero-order chi connectivity index (χ0) is 28.7. The normalized spacial score (nSPS) is 11.7. The van der Waals surface area contributed by atoms with Crippen molar-refractivity contribution < 1.29 is 0 Å². The molecule has 3 aromatic heterocycles. The van der Waals surface area contributed by atoms with Crippen LogP contribution in [0.2, 0.25) is 0 Å². The van der Waals surface area contributed by atoms with Crippen molar-refractivity contribution in [3.63, 3.8) is 0 Å². The van der Waals surface area contributed by atoms with Crippen LogP contribution in [-0.4, -0.2) is 9.13 Å². The summed E-state index contributed by atoms with van der Waals surface area (Å²) in [5.41, 5.74) is 7.92. The van der Waals surface area contributed by atoms with Crippen molar-refractivity contribution in [1.82, 2.24) is 9.13 Å². The van der Waals surface area contributed by atoms with Gasteiger partial charge in [-0.3, -0.25) is 0 Å². The molecule has 0 aliphatic rings. The summed E-state index contributed by atoms with van der Waals surface area (Å²) in [4.78, 5) is 3.69. The Bertz CT molecular complexity index is 2710. The minimum Gasteiger partial charge on any atom is -0.309 e. The van der Waals surface area contributed by atoms with Gasteiger partial charge in [-0.05, 0) is 72.1 Å². The summed E-state index contributed by atoms with van der Waals surface area (Å²) >= 11 is 1.78. The summed E-state index contributed by atoms with van der Waals surface area (Å²) in [7, 11) is 0. The van der Waals surface area contributed by atoms with Crippen molar-refractivity contribution in [2.45, 2.75) is 0 Å². The first-order valence-corrected chi connectivity index (χ1v) is 14.8. The highest BCUT2D eigenvalue weighted by Crippen LogP contribution is 2.42. The molecule has 0 aliphatic heterocycles. The van der Waals surface area contributed by atoms with E-state index in [9.17, 15) is 5.26 Å². The van der Waals surface area contributed by atoms with Gasteiger partial charge in [0.1, 0.15) is 0 Å². The quantitative estimate of drug-likeness (QED) is 0.192. The molecule has 43 heavy (non-hydrogen) atoms. The van der Waals surface area contributed by atoms with Crippen molar-refractivity contribution >= 4 is 80.8 Å². The standard InChI is InChI=1S/C38H20N4S/c1-40-24-14-16-37-31(18-24)32-20-36-30(21-38(32)43-37)28-10-3-5-12-34(28)42(36)26-8-6-7-25(19-26)41-33-11-4-2-9-27(33)29-17-23(22-39)13-15-35(29)41/h2-21H. The number of nitriles is 1. The van der Waals surface area contributed by atoms with Gasteiger partial charge >= 0.3 is 0 Å². The third-order valence-electron chi connectivity index (χ3n) is 8.52. The van der Waals surface area contributed by atoms with Crippen LogP contribution in [0.3, 0.4) is 0 Å². The van der Waals surface area contributed by atoms with Crippen LogP contribution in [0.4, 0.5) is 5.69 Å². The number of benzene rings is 6. The Morgan fingerprint density at radius 3 is 1.91 bits per heavy atom. The SMILES string of the molecule is [C-]#[N+]c1ccc2sc3cc4c5ccccc5n(-c5cccc(-n6c7ccccc7c7cc(C#N)ccc76)c5)c4cc3c2c1. The monoisotopic (exact) mass is 564 g/mol. The number of aromatic nitrogens is 2. The first kappa shape index (κ1) is 23.8. The van der Waals surface area contributed by atoms with E-state index in [4.69, 9.17) is 6.57 Å². The molecule has 0 saturated carbocycles. The highest BCUT2D eigenvalue weighted by molar-refractivity contribution is 7.25. The number of para-hydroxylation sites is 2. The Labute approximate surface area is 250 Å². The molecule has 0 aliphatic carbocycles. The van der Waals surface area contributed by atoms with E-state index in [2.05, 4.69) is 117 Å². The van der Waals surface area contributed by atoms with Crippen LogP contribution >= 0.6 is 11.3 Å². The fourth-order valence-corrected chi connectivity index (χ4v) is 7.77. The predicted molar refractivity (Wildman–Crippen MR) is 179 cm³/mol. The van der Waals surface area contributed by atoms with Gasteiger partial charge in [0.2, 0.25) is 0 Å². The van der Waals surface area contributed by atoms with Gasteiger partial charge < -0.3 is 9.13 Å². The molecule has 0 fully saturated rings. The maximum absolute atomic E-state index is 9.57. The van der Waals surface area contributed by atoms with Crippen molar-refractivity contribution in [2.24, 2.45) is 0 Å². The number of rotatable bonds is 2. The number of hydrogen-bond acceptors (Lipinski definition) is 2. The summed E-state index contributed by atoms with van der Waals surface area (Å²) in [5, 5.41) is 16.5. The fourth-order valence-electron chi connectivity index (χ4n) is 6.67. The van der Waals surface area contributed by atoms with Gasteiger partial charge in [0.15, 0.2) is 5.69 Å². The van der Waals surface area contributed by atoms with E-state index in [0.29, 0.717) is 11.3 Å². The maximum atomic E-state index is 9.57. The Hall–Kier alpha value is -5.88. The summed E-state index contributed by atoms with van der Waals surface area (Å²) in [6.45, 7) is 7.54. The van der Waals surface area contributed by atoms with Crippen molar-refractivity contribution in [3.8, 4) is 17.4 Å². The molecule has 4 nitrogen and oxygen atoms in total. The molecule has 0 N–H and O–H groups in total. The van der Waals surface area contributed by atoms with E-state index < -0.39 is 0 Å². The smallest absolute Gasteiger partial charge is 0.187 e. The average molecular weight is 565 g/mol. The summed E-state index contributed by atoms with van der Waals surface area (Å²) in [5.74, 6) is 0. The number of thiophene rings is 1. The Morgan fingerprint density at radius 2 is 1.19 bits per heavy atom. The molecule has 9 rings (SSSR count). The molecule has 0 saturated heterocycles. The molecule has 0 radical (unpaired) electrons. The van der Waals surface area contributed by atoms with Crippen LogP contribution in [0.15, 0.2) is 121 Å². The maximum Gasteiger partial charge on any atom is 0.187 e. The van der Waals surface area contributed by atoms with Crippen molar-refractivity contribution in [3.05, 3.63) is 138 Å². The van der Waals surface area contributed by atoms with Crippen LogP contribution in [0.1, 0.15) is 5.56 Å². The first-order valence-electron chi connectivity index (χ1n) is 14.0. The summed E-state index contributed by atoms with van der Waals surface area (Å²) in [6.07, 6.45) is 0. The lowest BCUT2D eigenvalue weighted by Crippen LogP contribution is -1.98. The van der Waals surface area contributed by atoms with Gasteiger partial charge in [0, 0.05) is 47.7 Å². The first-order chi connectivity index (χ1) is 21.2. The lowest BCUT2D eigenvalue weighted by Gasteiger charge is -2.13. The number of fused-ring (bicyclic) bond motifs is 9. The molecule has 0 atom stereocenters. The third-order valence-corrected chi connectivity index (χ3v) is 9.66. The highest BCUT2D eigenvalue weighted by Gasteiger charge is 2.17. The Morgan fingerprint density at radius 1 is 0.535 bits per heavy atom. The van der Waals surface area contributed by atoms with Gasteiger partial charge in [0.25, 0.3) is 0 Å². The number of hydrogen-bond donors (Lipinski definition) is 0. The molecule has 198 valence electrons. The van der Waals surface area contributed by atoms with Gasteiger partial charge in [-0.1, -0.05) is 54.6 Å². The molecule has 0 amide bonds.